The van der Waals surface area contributed by atoms with Crippen molar-refractivity contribution in [2.45, 2.75) is 26.8 Å². The molecule has 4 nitrogen and oxygen atoms in total. The molecule has 1 unspecified atom stereocenters. The summed E-state index contributed by atoms with van der Waals surface area (Å²) in [7, 11) is 0. The molecule has 20 heavy (non-hydrogen) atoms. The molecule has 1 aromatic carbocycles. The van der Waals surface area contributed by atoms with Crippen molar-refractivity contribution in [3.63, 3.8) is 0 Å². The van der Waals surface area contributed by atoms with Crippen LogP contribution in [0, 0.1) is 19.7 Å². The lowest BCUT2D eigenvalue weighted by Crippen LogP contribution is -2.09. The summed E-state index contributed by atoms with van der Waals surface area (Å²) in [4.78, 5) is 11.2. The Labute approximate surface area is 120 Å². The molecule has 0 amide bonds. The largest absolute Gasteiger partial charge is 0.478 e. The fraction of sp³-hybridized carbons (Fsp3) is 0.286. The Kier molecular flexibility index (Phi) is 4.04. The molecular formula is C14H15FN2O2S. The molecule has 1 heterocycles. The number of hydrogen-bond acceptors (Lipinski definition) is 4. The molecule has 106 valence electrons. The number of rotatable bonds is 4. The molecule has 2 rings (SSSR count). The van der Waals surface area contributed by atoms with E-state index in [2.05, 4.69) is 9.69 Å². The predicted octanol–water partition coefficient (Wildman–Crippen LogP) is 3.77. The van der Waals surface area contributed by atoms with Crippen LogP contribution in [0.1, 0.15) is 40.1 Å². The minimum atomic E-state index is -1.01. The average Bonchev–Trinajstić information content (AvgIpc) is 2.73. The Morgan fingerprint density at radius 2 is 2.15 bits per heavy atom. The van der Waals surface area contributed by atoms with Crippen molar-refractivity contribution in [3.05, 3.63) is 46.4 Å². The van der Waals surface area contributed by atoms with Crippen molar-refractivity contribution in [1.29, 1.82) is 0 Å². The molecule has 0 saturated heterocycles. The highest BCUT2D eigenvalue weighted by Gasteiger charge is 2.19. The topological polar surface area (TPSA) is 62.2 Å². The second-order valence-corrected chi connectivity index (χ2v) is 5.43. The van der Waals surface area contributed by atoms with Gasteiger partial charge in [0.2, 0.25) is 0 Å². The van der Waals surface area contributed by atoms with E-state index in [0.29, 0.717) is 16.3 Å². The number of anilines is 1. The SMILES string of the molecule is Cc1ccc(C(C)Nc2snc(C)c2C(=O)O)cc1F. The number of carbonyl (C=O) groups is 1. The van der Waals surface area contributed by atoms with Crippen LogP contribution in [0.25, 0.3) is 0 Å². The van der Waals surface area contributed by atoms with Gasteiger partial charge in [-0.15, -0.1) is 0 Å². The van der Waals surface area contributed by atoms with E-state index in [1.165, 1.54) is 6.07 Å². The van der Waals surface area contributed by atoms with E-state index >= 15 is 0 Å². The van der Waals surface area contributed by atoms with Crippen LogP contribution in [0.15, 0.2) is 18.2 Å². The van der Waals surface area contributed by atoms with Gasteiger partial charge in [-0.2, -0.15) is 4.37 Å². The number of hydrogen-bond donors (Lipinski definition) is 2. The highest BCUT2D eigenvalue weighted by molar-refractivity contribution is 7.10. The second kappa shape index (κ2) is 5.58. The lowest BCUT2D eigenvalue weighted by molar-refractivity contribution is 0.0697. The van der Waals surface area contributed by atoms with Crippen LogP contribution in [0.4, 0.5) is 9.39 Å². The molecule has 1 aromatic heterocycles. The highest BCUT2D eigenvalue weighted by Crippen LogP contribution is 2.29. The monoisotopic (exact) mass is 294 g/mol. The minimum absolute atomic E-state index is 0.175. The molecule has 0 radical (unpaired) electrons. The van der Waals surface area contributed by atoms with Crippen molar-refractivity contribution >= 4 is 22.5 Å². The first-order valence-corrected chi connectivity index (χ1v) is 6.89. The summed E-state index contributed by atoms with van der Waals surface area (Å²) in [6.07, 6.45) is 0. The molecule has 6 heteroatoms. The number of aryl methyl sites for hydroxylation is 2. The number of halogens is 1. The summed E-state index contributed by atoms with van der Waals surface area (Å²) >= 11 is 1.10. The standard InChI is InChI=1S/C14H15FN2O2S/c1-7-4-5-10(6-11(7)15)8(2)16-13-12(14(18)19)9(3)17-20-13/h4-6,8,16H,1-3H3,(H,18,19). The third-order valence-electron chi connectivity index (χ3n) is 3.12. The molecular weight excluding hydrogens is 279 g/mol. The molecule has 2 aromatic rings. The highest BCUT2D eigenvalue weighted by atomic mass is 32.1. The van der Waals surface area contributed by atoms with Crippen molar-refractivity contribution in [1.82, 2.24) is 4.37 Å². The zero-order valence-electron chi connectivity index (χ0n) is 11.4. The van der Waals surface area contributed by atoms with E-state index in [9.17, 15) is 9.18 Å². The van der Waals surface area contributed by atoms with Crippen molar-refractivity contribution in [2.24, 2.45) is 0 Å². The zero-order chi connectivity index (χ0) is 14.9. The van der Waals surface area contributed by atoms with Crippen molar-refractivity contribution < 1.29 is 14.3 Å². The first-order valence-electron chi connectivity index (χ1n) is 6.12. The van der Waals surface area contributed by atoms with Crippen molar-refractivity contribution in [2.75, 3.05) is 5.32 Å². The fourth-order valence-electron chi connectivity index (χ4n) is 1.88. The fourth-order valence-corrected chi connectivity index (χ4v) is 2.75. The van der Waals surface area contributed by atoms with Gasteiger partial charge in [0.15, 0.2) is 0 Å². The van der Waals surface area contributed by atoms with E-state index in [1.54, 1.807) is 19.9 Å². The van der Waals surface area contributed by atoms with E-state index in [-0.39, 0.29) is 17.4 Å². The second-order valence-electron chi connectivity index (χ2n) is 4.65. The van der Waals surface area contributed by atoms with Crippen LogP contribution in [-0.2, 0) is 0 Å². The normalized spacial score (nSPS) is 12.2. The Balaban J connectivity index is 2.25. The van der Waals surface area contributed by atoms with Crippen LogP contribution < -0.4 is 5.32 Å². The summed E-state index contributed by atoms with van der Waals surface area (Å²) in [5, 5.41) is 12.7. The molecule has 2 N–H and O–H groups in total. The maximum absolute atomic E-state index is 13.6. The molecule has 0 aliphatic heterocycles. The smallest absolute Gasteiger partial charge is 0.340 e. The van der Waals surface area contributed by atoms with Crippen LogP contribution >= 0.6 is 11.5 Å². The summed E-state index contributed by atoms with van der Waals surface area (Å²) in [6, 6.07) is 4.79. The van der Waals surface area contributed by atoms with Gasteiger partial charge in [-0.1, -0.05) is 12.1 Å². The maximum Gasteiger partial charge on any atom is 0.340 e. The quantitative estimate of drug-likeness (QED) is 0.901. The molecule has 0 saturated carbocycles. The number of carboxylic acid groups (broad SMARTS) is 1. The first kappa shape index (κ1) is 14.5. The minimum Gasteiger partial charge on any atom is -0.478 e. The van der Waals surface area contributed by atoms with Gasteiger partial charge in [0.1, 0.15) is 16.4 Å². The van der Waals surface area contributed by atoms with E-state index in [4.69, 9.17) is 5.11 Å². The van der Waals surface area contributed by atoms with Crippen LogP contribution in [0.3, 0.4) is 0 Å². The number of nitrogens with one attached hydrogen (secondary N) is 1. The van der Waals surface area contributed by atoms with Crippen LogP contribution in [-0.4, -0.2) is 15.4 Å². The van der Waals surface area contributed by atoms with E-state index in [1.807, 2.05) is 13.0 Å². The predicted molar refractivity (Wildman–Crippen MR) is 77.0 cm³/mol. The molecule has 1 atom stereocenters. The summed E-state index contributed by atoms with van der Waals surface area (Å²) < 4.78 is 17.6. The maximum atomic E-state index is 13.6. The molecule has 0 aliphatic carbocycles. The van der Waals surface area contributed by atoms with Gasteiger partial charge < -0.3 is 10.4 Å². The number of carboxylic acids is 1. The zero-order valence-corrected chi connectivity index (χ0v) is 12.2. The van der Waals surface area contributed by atoms with E-state index in [0.717, 1.165) is 17.1 Å². The van der Waals surface area contributed by atoms with E-state index < -0.39 is 5.97 Å². The summed E-state index contributed by atoms with van der Waals surface area (Å²) in [6.45, 7) is 5.21. The number of aromatic nitrogens is 1. The molecule has 0 fully saturated rings. The van der Waals surface area contributed by atoms with Gasteiger partial charge in [-0.05, 0) is 49.5 Å². The molecule has 0 spiro atoms. The lowest BCUT2D eigenvalue weighted by atomic mass is 10.1. The lowest BCUT2D eigenvalue weighted by Gasteiger charge is -2.15. The van der Waals surface area contributed by atoms with Gasteiger partial charge >= 0.3 is 5.97 Å². The Hall–Kier alpha value is -1.95. The Bertz CT molecular complexity index is 655. The van der Waals surface area contributed by atoms with Crippen LogP contribution in [0.5, 0.6) is 0 Å². The van der Waals surface area contributed by atoms with Crippen LogP contribution in [0.2, 0.25) is 0 Å². The average molecular weight is 294 g/mol. The van der Waals surface area contributed by atoms with Gasteiger partial charge in [0, 0.05) is 6.04 Å². The Morgan fingerprint density at radius 1 is 1.45 bits per heavy atom. The van der Waals surface area contributed by atoms with Gasteiger partial charge in [0.05, 0.1) is 5.69 Å². The van der Waals surface area contributed by atoms with Gasteiger partial charge in [0.25, 0.3) is 0 Å². The van der Waals surface area contributed by atoms with Gasteiger partial charge in [-0.3, -0.25) is 0 Å². The third-order valence-corrected chi connectivity index (χ3v) is 3.99. The summed E-state index contributed by atoms with van der Waals surface area (Å²) in [5.41, 5.74) is 2.00. The molecule has 0 aliphatic rings. The number of nitrogens with zero attached hydrogens (tertiary/aromatic N) is 1. The number of aromatic carboxylic acids is 1. The number of benzene rings is 1. The third kappa shape index (κ3) is 2.80. The molecule has 0 bridgehead atoms. The van der Waals surface area contributed by atoms with Gasteiger partial charge in [-0.25, -0.2) is 9.18 Å². The Morgan fingerprint density at radius 3 is 2.75 bits per heavy atom. The van der Waals surface area contributed by atoms with Crippen molar-refractivity contribution in [3.8, 4) is 0 Å². The first-order chi connectivity index (χ1) is 9.40. The summed E-state index contributed by atoms with van der Waals surface area (Å²) in [5.74, 6) is -1.28.